The van der Waals surface area contributed by atoms with Gasteiger partial charge in [-0.15, -0.1) is 0 Å². The van der Waals surface area contributed by atoms with Crippen molar-refractivity contribution in [2.45, 2.75) is 51.7 Å². The topological polar surface area (TPSA) is 73.6 Å². The van der Waals surface area contributed by atoms with Gasteiger partial charge < -0.3 is 9.84 Å². The number of rotatable bonds is 5. The van der Waals surface area contributed by atoms with Crippen molar-refractivity contribution in [3.05, 3.63) is 0 Å². The largest absolute Gasteiger partial charge is 0.444 e. The van der Waals surface area contributed by atoms with Crippen LogP contribution >= 0.6 is 0 Å². The zero-order chi connectivity index (χ0) is 13.5. The maximum Gasteiger partial charge on any atom is 0.411 e. The van der Waals surface area contributed by atoms with Crippen molar-refractivity contribution in [1.29, 1.82) is 5.26 Å². The van der Waals surface area contributed by atoms with Crippen molar-refractivity contribution in [2.75, 3.05) is 13.7 Å². The zero-order valence-corrected chi connectivity index (χ0v) is 11.1. The van der Waals surface area contributed by atoms with Gasteiger partial charge in [0.25, 0.3) is 0 Å². The Labute approximate surface area is 103 Å². The molecule has 0 heterocycles. The maximum atomic E-state index is 11.7. The summed E-state index contributed by atoms with van der Waals surface area (Å²) in [5.41, 5.74) is -0.559. The SMILES string of the molecule is CN(C(=O)OC(C)(C)C)C(C#N)CCCCO. The van der Waals surface area contributed by atoms with Crippen LogP contribution in [0.25, 0.3) is 0 Å². The van der Waals surface area contributed by atoms with Gasteiger partial charge in [0.05, 0.1) is 6.07 Å². The molecule has 17 heavy (non-hydrogen) atoms. The number of nitrogens with zero attached hydrogens (tertiary/aromatic N) is 2. The first-order valence-corrected chi connectivity index (χ1v) is 5.78. The van der Waals surface area contributed by atoms with E-state index in [1.165, 1.54) is 4.90 Å². The number of carbonyl (C=O) groups is 1. The minimum atomic E-state index is -0.559. The fraction of sp³-hybridized carbons (Fsp3) is 0.833. The summed E-state index contributed by atoms with van der Waals surface area (Å²) in [4.78, 5) is 13.0. The van der Waals surface area contributed by atoms with Crippen molar-refractivity contribution in [3.8, 4) is 6.07 Å². The molecule has 0 aromatic carbocycles. The predicted octanol–water partition coefficient (Wildman–Crippen LogP) is 1.91. The molecule has 0 spiro atoms. The second-order valence-corrected chi connectivity index (χ2v) is 4.96. The number of hydrogen-bond donors (Lipinski definition) is 1. The molecular weight excluding hydrogens is 220 g/mol. The molecular formula is C12H22N2O3. The number of amides is 1. The Morgan fingerprint density at radius 2 is 2.06 bits per heavy atom. The van der Waals surface area contributed by atoms with Crippen molar-refractivity contribution in [3.63, 3.8) is 0 Å². The average molecular weight is 242 g/mol. The Morgan fingerprint density at radius 1 is 1.47 bits per heavy atom. The highest BCUT2D eigenvalue weighted by Crippen LogP contribution is 2.13. The Hall–Kier alpha value is -1.28. The van der Waals surface area contributed by atoms with Crippen molar-refractivity contribution < 1.29 is 14.6 Å². The van der Waals surface area contributed by atoms with E-state index >= 15 is 0 Å². The van der Waals surface area contributed by atoms with Gasteiger partial charge in [0.1, 0.15) is 11.6 Å². The molecule has 5 heteroatoms. The molecule has 0 radical (unpaired) electrons. The van der Waals surface area contributed by atoms with Gasteiger partial charge in [-0.2, -0.15) is 5.26 Å². The second-order valence-electron chi connectivity index (χ2n) is 4.96. The fourth-order valence-corrected chi connectivity index (χ4v) is 1.26. The lowest BCUT2D eigenvalue weighted by Gasteiger charge is -2.27. The van der Waals surface area contributed by atoms with Crippen LogP contribution in [0.5, 0.6) is 0 Å². The van der Waals surface area contributed by atoms with Crippen molar-refractivity contribution in [1.82, 2.24) is 4.90 Å². The smallest absolute Gasteiger partial charge is 0.411 e. The van der Waals surface area contributed by atoms with Crippen LogP contribution in [-0.2, 0) is 4.74 Å². The molecule has 1 atom stereocenters. The van der Waals surface area contributed by atoms with Gasteiger partial charge in [-0.05, 0) is 40.0 Å². The van der Waals surface area contributed by atoms with Gasteiger partial charge >= 0.3 is 6.09 Å². The van der Waals surface area contributed by atoms with E-state index in [0.717, 1.165) is 0 Å². The summed E-state index contributed by atoms with van der Waals surface area (Å²) in [7, 11) is 1.56. The van der Waals surface area contributed by atoms with E-state index in [9.17, 15) is 4.79 Å². The van der Waals surface area contributed by atoms with E-state index in [1.807, 2.05) is 0 Å². The van der Waals surface area contributed by atoms with Gasteiger partial charge in [0.2, 0.25) is 0 Å². The highest BCUT2D eigenvalue weighted by molar-refractivity contribution is 5.68. The molecule has 0 fully saturated rings. The number of carbonyl (C=O) groups excluding carboxylic acids is 1. The van der Waals surface area contributed by atoms with E-state index in [2.05, 4.69) is 6.07 Å². The highest BCUT2D eigenvalue weighted by Gasteiger charge is 2.24. The van der Waals surface area contributed by atoms with Gasteiger partial charge in [-0.25, -0.2) is 4.79 Å². The molecule has 1 N–H and O–H groups in total. The molecule has 1 amide bonds. The number of unbranched alkanes of at least 4 members (excludes halogenated alkanes) is 1. The first-order valence-electron chi connectivity index (χ1n) is 5.78. The molecule has 0 aromatic heterocycles. The molecule has 1 unspecified atom stereocenters. The van der Waals surface area contributed by atoms with Crippen LogP contribution in [0.15, 0.2) is 0 Å². The summed E-state index contributed by atoms with van der Waals surface area (Å²) in [5, 5.41) is 17.6. The van der Waals surface area contributed by atoms with Crippen LogP contribution in [0.4, 0.5) is 4.79 Å². The highest BCUT2D eigenvalue weighted by atomic mass is 16.6. The summed E-state index contributed by atoms with van der Waals surface area (Å²) in [6, 6.07) is 1.57. The van der Waals surface area contributed by atoms with E-state index in [0.29, 0.717) is 19.3 Å². The minimum Gasteiger partial charge on any atom is -0.444 e. The zero-order valence-electron chi connectivity index (χ0n) is 11.1. The summed E-state index contributed by atoms with van der Waals surface area (Å²) in [6.45, 7) is 5.46. The minimum absolute atomic E-state index is 0.105. The Bertz CT molecular complexity index is 278. The van der Waals surface area contributed by atoms with E-state index in [-0.39, 0.29) is 6.61 Å². The predicted molar refractivity (Wildman–Crippen MR) is 64.3 cm³/mol. The number of nitriles is 1. The normalized spacial score (nSPS) is 12.7. The Balaban J connectivity index is 4.29. The second kappa shape index (κ2) is 7.13. The van der Waals surface area contributed by atoms with Crippen LogP contribution in [0.2, 0.25) is 0 Å². The molecule has 5 nitrogen and oxygen atoms in total. The molecule has 0 saturated carbocycles. The van der Waals surface area contributed by atoms with Gasteiger partial charge in [-0.3, -0.25) is 4.90 Å². The number of ether oxygens (including phenoxy) is 1. The molecule has 0 aromatic rings. The lowest BCUT2D eigenvalue weighted by molar-refractivity contribution is 0.0253. The Morgan fingerprint density at radius 3 is 2.47 bits per heavy atom. The van der Waals surface area contributed by atoms with Crippen LogP contribution in [0, 0.1) is 11.3 Å². The monoisotopic (exact) mass is 242 g/mol. The number of aliphatic hydroxyl groups is 1. The maximum absolute atomic E-state index is 11.7. The molecule has 0 bridgehead atoms. The lowest BCUT2D eigenvalue weighted by atomic mass is 10.1. The molecule has 0 aliphatic heterocycles. The number of aliphatic hydroxyl groups excluding tert-OH is 1. The first-order chi connectivity index (χ1) is 7.81. The first kappa shape index (κ1) is 15.7. The third-order valence-corrected chi connectivity index (χ3v) is 2.18. The van der Waals surface area contributed by atoms with Crippen LogP contribution in [0.1, 0.15) is 40.0 Å². The van der Waals surface area contributed by atoms with Crippen molar-refractivity contribution >= 4 is 6.09 Å². The standard InChI is InChI=1S/C12H22N2O3/c1-12(2,3)17-11(16)14(4)10(9-13)7-5-6-8-15/h10,15H,5-8H2,1-4H3. The van der Waals surface area contributed by atoms with E-state index in [1.54, 1.807) is 27.8 Å². The molecule has 0 aliphatic carbocycles. The Kier molecular flexibility index (Phi) is 6.59. The van der Waals surface area contributed by atoms with Gasteiger partial charge in [0.15, 0.2) is 0 Å². The molecule has 0 saturated heterocycles. The summed E-state index contributed by atoms with van der Waals surface area (Å²) in [5.74, 6) is 0. The quantitative estimate of drug-likeness (QED) is 0.747. The van der Waals surface area contributed by atoms with Gasteiger partial charge in [-0.1, -0.05) is 0 Å². The summed E-state index contributed by atoms with van der Waals surface area (Å²) < 4.78 is 5.18. The van der Waals surface area contributed by atoms with E-state index < -0.39 is 17.7 Å². The third-order valence-electron chi connectivity index (χ3n) is 2.18. The van der Waals surface area contributed by atoms with E-state index in [4.69, 9.17) is 15.1 Å². The third kappa shape index (κ3) is 6.80. The number of hydrogen-bond acceptors (Lipinski definition) is 4. The average Bonchev–Trinajstić information content (AvgIpc) is 2.21. The van der Waals surface area contributed by atoms with Gasteiger partial charge in [0, 0.05) is 13.7 Å². The lowest BCUT2D eigenvalue weighted by Crippen LogP contribution is -2.40. The molecule has 0 rings (SSSR count). The fourth-order valence-electron chi connectivity index (χ4n) is 1.26. The summed E-state index contributed by atoms with van der Waals surface area (Å²) >= 11 is 0. The van der Waals surface area contributed by atoms with Crippen molar-refractivity contribution in [2.24, 2.45) is 0 Å². The van der Waals surface area contributed by atoms with Crippen LogP contribution in [-0.4, -0.2) is 41.4 Å². The summed E-state index contributed by atoms with van der Waals surface area (Å²) in [6.07, 6.45) is 1.41. The molecule has 0 aliphatic rings. The van der Waals surface area contributed by atoms with Crippen LogP contribution < -0.4 is 0 Å². The van der Waals surface area contributed by atoms with Crippen LogP contribution in [0.3, 0.4) is 0 Å². The molecule has 98 valence electrons.